The number of Topliss-reactive ketones (excluding diaryl/α,β-unsaturated/α-hetero) is 2. The Morgan fingerprint density at radius 3 is 1.38 bits per heavy atom. The summed E-state index contributed by atoms with van der Waals surface area (Å²) in [6.45, 7) is 2.70. The predicted octanol–water partition coefficient (Wildman–Crippen LogP) is 0.366. The van der Waals surface area contributed by atoms with Crippen LogP contribution in [0.5, 0.6) is 0 Å². The fourth-order valence-corrected chi connectivity index (χ4v) is 0.286. The first-order chi connectivity index (χ1) is 3.13. The molecule has 0 aromatic rings. The molecule has 3 heteroatoms. The van der Waals surface area contributed by atoms with Gasteiger partial charge in [-0.15, -0.1) is 0 Å². The molecule has 0 saturated heterocycles. The summed E-state index contributed by atoms with van der Waals surface area (Å²) < 4.78 is 0. The molecule has 2 nitrogen and oxygen atoms in total. The third-order valence-electron chi connectivity index (χ3n) is 0.407. The first-order valence-corrected chi connectivity index (χ1v) is 1.99. The molecule has 0 saturated carbocycles. The van der Waals surface area contributed by atoms with Crippen molar-refractivity contribution in [2.45, 2.75) is 13.8 Å². The van der Waals surface area contributed by atoms with Crippen LogP contribution >= 0.6 is 0 Å². The van der Waals surface area contributed by atoms with Crippen LogP contribution in [0.2, 0.25) is 0 Å². The van der Waals surface area contributed by atoms with Gasteiger partial charge in [0.25, 0.3) is 0 Å². The molecule has 0 aromatic heterocycles. The van der Waals surface area contributed by atoms with Gasteiger partial charge >= 0.3 is 0 Å². The van der Waals surface area contributed by atoms with Crippen LogP contribution < -0.4 is 0 Å². The summed E-state index contributed by atoms with van der Waals surface area (Å²) in [5.41, 5.74) is 0. The average molecular weight is 212 g/mol. The fraction of sp³-hybridized carbons (Fsp3) is 0.400. The van der Waals surface area contributed by atoms with Gasteiger partial charge in [-0.25, -0.2) is 0 Å². The van der Waals surface area contributed by atoms with Crippen molar-refractivity contribution < 1.29 is 36.9 Å². The molecule has 42 valence electrons. The van der Waals surface area contributed by atoms with Crippen molar-refractivity contribution in [1.29, 1.82) is 0 Å². The van der Waals surface area contributed by atoms with E-state index in [1.807, 2.05) is 0 Å². The Labute approximate surface area is 68.8 Å². The Balaban J connectivity index is 0. The maximum absolute atomic E-state index is 9.98. The van der Waals surface area contributed by atoms with Crippen molar-refractivity contribution >= 4 is 11.6 Å². The molecule has 0 radical (unpaired) electrons. The molecule has 0 aliphatic carbocycles. The SMILES string of the molecule is CC(=O)[CH-]C(C)=O.[Cd]. The molecule has 0 rings (SSSR count). The van der Waals surface area contributed by atoms with E-state index in [0.29, 0.717) is 0 Å². The molecule has 0 N–H and O–H groups in total. The van der Waals surface area contributed by atoms with Gasteiger partial charge in [0.1, 0.15) is 0 Å². The second-order valence-corrected chi connectivity index (χ2v) is 1.37. The largest absolute Gasteiger partial charge is 0.334 e. The van der Waals surface area contributed by atoms with Crippen molar-refractivity contribution in [3.05, 3.63) is 6.42 Å². The number of carbonyl (C=O) groups is 2. The average Bonchev–Trinajstić information content (AvgIpc) is 1.27. The minimum absolute atomic E-state index is 0. The van der Waals surface area contributed by atoms with Crippen LogP contribution in [0.25, 0.3) is 0 Å². The Kier molecular flexibility index (Phi) is 7.25. The second-order valence-electron chi connectivity index (χ2n) is 1.37. The summed E-state index contributed by atoms with van der Waals surface area (Å²) in [5.74, 6) is -0.375. The Morgan fingerprint density at radius 2 is 1.38 bits per heavy atom. The molecule has 0 spiro atoms. The maximum atomic E-state index is 9.98. The molecule has 0 unspecified atom stereocenters. The van der Waals surface area contributed by atoms with Gasteiger partial charge < -0.3 is 9.59 Å². The fourth-order valence-electron chi connectivity index (χ4n) is 0.286. The summed E-state index contributed by atoms with van der Waals surface area (Å²) in [6, 6.07) is 0. The molecule has 0 bridgehead atoms. The molecule has 0 heterocycles. The van der Waals surface area contributed by atoms with E-state index in [1.54, 1.807) is 0 Å². The molecule has 0 aliphatic rings. The summed E-state index contributed by atoms with van der Waals surface area (Å²) in [6.07, 6.45) is 1.06. The van der Waals surface area contributed by atoms with Crippen LogP contribution in [0.1, 0.15) is 13.8 Å². The minimum Gasteiger partial charge on any atom is -0.334 e. The van der Waals surface area contributed by atoms with Crippen LogP contribution in [0.3, 0.4) is 0 Å². The molecular weight excluding hydrogens is 204 g/mol. The van der Waals surface area contributed by atoms with Gasteiger partial charge in [-0.2, -0.15) is 0 Å². The van der Waals surface area contributed by atoms with Crippen LogP contribution in [0.4, 0.5) is 0 Å². The second kappa shape index (κ2) is 5.27. The van der Waals surface area contributed by atoms with Crippen LogP contribution in [-0.4, -0.2) is 11.6 Å². The Morgan fingerprint density at radius 1 is 1.12 bits per heavy atom. The summed E-state index contributed by atoms with van der Waals surface area (Å²) in [7, 11) is 0. The molecule has 0 aliphatic heterocycles. The zero-order valence-corrected chi connectivity index (χ0v) is 9.14. The van der Waals surface area contributed by atoms with E-state index >= 15 is 0 Å². The van der Waals surface area contributed by atoms with Crippen molar-refractivity contribution in [2.24, 2.45) is 0 Å². The number of carbonyl (C=O) groups excluding carboxylic acids is 2. The first kappa shape index (κ1) is 11.0. The maximum Gasteiger partial charge on any atom is 0.00219 e. The minimum atomic E-state index is -0.187. The van der Waals surface area contributed by atoms with Gasteiger partial charge in [0.05, 0.1) is 0 Å². The molecule has 0 atom stereocenters. The van der Waals surface area contributed by atoms with Gasteiger partial charge in [-0.3, -0.25) is 6.42 Å². The van der Waals surface area contributed by atoms with E-state index in [2.05, 4.69) is 0 Å². The number of hydrogen-bond donors (Lipinski definition) is 0. The quantitative estimate of drug-likeness (QED) is 0.376. The van der Waals surface area contributed by atoms with E-state index in [-0.39, 0.29) is 38.9 Å². The van der Waals surface area contributed by atoms with E-state index in [1.165, 1.54) is 13.8 Å². The van der Waals surface area contributed by atoms with Crippen LogP contribution in [0, 0.1) is 6.42 Å². The van der Waals surface area contributed by atoms with E-state index in [9.17, 15) is 9.59 Å². The van der Waals surface area contributed by atoms with Crippen molar-refractivity contribution in [3.63, 3.8) is 0 Å². The number of hydrogen-bond acceptors (Lipinski definition) is 2. The van der Waals surface area contributed by atoms with E-state index in [0.717, 1.165) is 6.42 Å². The smallest absolute Gasteiger partial charge is 0.00219 e. The number of ketones is 2. The molecule has 8 heavy (non-hydrogen) atoms. The third kappa shape index (κ3) is 9.46. The van der Waals surface area contributed by atoms with Gasteiger partial charge in [0, 0.05) is 38.9 Å². The Bertz CT molecular complexity index is 86.6. The van der Waals surface area contributed by atoms with Crippen LogP contribution in [-0.2, 0) is 36.9 Å². The predicted molar refractivity (Wildman–Crippen MR) is 25.7 cm³/mol. The van der Waals surface area contributed by atoms with E-state index in [4.69, 9.17) is 0 Å². The van der Waals surface area contributed by atoms with Crippen LogP contribution in [0.15, 0.2) is 0 Å². The summed E-state index contributed by atoms with van der Waals surface area (Å²) >= 11 is 0. The topological polar surface area (TPSA) is 34.1 Å². The third-order valence-corrected chi connectivity index (χ3v) is 0.407. The summed E-state index contributed by atoms with van der Waals surface area (Å²) in [5, 5.41) is 0. The molecule has 0 aromatic carbocycles. The molecule has 0 amide bonds. The summed E-state index contributed by atoms with van der Waals surface area (Å²) in [4.78, 5) is 20.0. The van der Waals surface area contributed by atoms with Gasteiger partial charge in [-0.05, 0) is 13.8 Å². The first-order valence-electron chi connectivity index (χ1n) is 1.99. The van der Waals surface area contributed by atoms with Gasteiger partial charge in [-0.1, -0.05) is 0 Å². The zero-order valence-electron chi connectivity index (χ0n) is 5.10. The standard InChI is InChI=1S/C5H7O2.Cd/c1-4(6)3-5(2)7;/h3H,1-2H3;/q-1;. The molecular formula is C5H7CdO2-. The molecule has 0 fully saturated rings. The van der Waals surface area contributed by atoms with Gasteiger partial charge in [0.2, 0.25) is 0 Å². The zero-order chi connectivity index (χ0) is 5.86. The Hall–Kier alpha value is 0.132. The van der Waals surface area contributed by atoms with Crippen molar-refractivity contribution in [2.75, 3.05) is 0 Å². The van der Waals surface area contributed by atoms with Crippen molar-refractivity contribution in [3.8, 4) is 0 Å². The van der Waals surface area contributed by atoms with E-state index < -0.39 is 0 Å². The van der Waals surface area contributed by atoms with Crippen molar-refractivity contribution in [1.82, 2.24) is 0 Å². The number of rotatable bonds is 2. The monoisotopic (exact) mass is 213 g/mol. The van der Waals surface area contributed by atoms with Gasteiger partial charge in [0.15, 0.2) is 0 Å². The normalized spacial score (nSPS) is 6.75.